The fourth-order valence-corrected chi connectivity index (χ4v) is 1.89. The third kappa shape index (κ3) is 5.61. The largest absolute Gasteiger partial charge is 0.480 e. The molecule has 0 saturated carbocycles. The SMILES string of the molecule is CC(=O)NC(Cc1ccc(OC(C)=O)cc1C(F)(F)F)C(=O)O. The average molecular weight is 333 g/mol. The molecule has 0 aliphatic rings. The number of benzene rings is 1. The van der Waals surface area contributed by atoms with E-state index in [-0.39, 0.29) is 11.3 Å². The molecule has 0 aliphatic heterocycles. The summed E-state index contributed by atoms with van der Waals surface area (Å²) in [6.45, 7) is 2.10. The molecule has 0 aromatic heterocycles. The number of carboxylic acids is 1. The summed E-state index contributed by atoms with van der Waals surface area (Å²) in [5.74, 6) is -3.23. The number of carbonyl (C=O) groups excluding carboxylic acids is 2. The maximum Gasteiger partial charge on any atom is 0.416 e. The Labute approximate surface area is 129 Å². The number of amides is 1. The van der Waals surface area contributed by atoms with Gasteiger partial charge in [-0.3, -0.25) is 9.59 Å². The molecule has 2 N–H and O–H groups in total. The van der Waals surface area contributed by atoms with E-state index in [1.807, 2.05) is 0 Å². The van der Waals surface area contributed by atoms with Crippen LogP contribution in [0.1, 0.15) is 25.0 Å². The van der Waals surface area contributed by atoms with Crippen LogP contribution >= 0.6 is 0 Å². The van der Waals surface area contributed by atoms with Crippen LogP contribution < -0.4 is 10.1 Å². The zero-order valence-corrected chi connectivity index (χ0v) is 12.2. The second kappa shape index (κ2) is 7.12. The summed E-state index contributed by atoms with van der Waals surface area (Å²) >= 11 is 0. The summed E-state index contributed by atoms with van der Waals surface area (Å²) in [5.41, 5.74) is -1.47. The zero-order chi connectivity index (χ0) is 17.8. The van der Waals surface area contributed by atoms with Gasteiger partial charge in [0, 0.05) is 20.3 Å². The van der Waals surface area contributed by atoms with Crippen molar-refractivity contribution >= 4 is 17.8 Å². The third-order valence-electron chi connectivity index (χ3n) is 2.75. The molecule has 0 bridgehead atoms. The maximum absolute atomic E-state index is 13.1. The third-order valence-corrected chi connectivity index (χ3v) is 2.75. The highest BCUT2D eigenvalue weighted by atomic mass is 19.4. The van der Waals surface area contributed by atoms with E-state index in [0.29, 0.717) is 6.07 Å². The molecule has 1 aromatic rings. The van der Waals surface area contributed by atoms with Gasteiger partial charge in [0.25, 0.3) is 0 Å². The molecule has 6 nitrogen and oxygen atoms in total. The lowest BCUT2D eigenvalue weighted by molar-refractivity contribution is -0.142. The molecular weight excluding hydrogens is 319 g/mol. The van der Waals surface area contributed by atoms with Crippen LogP contribution in [0.2, 0.25) is 0 Å². The van der Waals surface area contributed by atoms with Gasteiger partial charge >= 0.3 is 18.1 Å². The molecule has 1 aromatic carbocycles. The van der Waals surface area contributed by atoms with E-state index in [4.69, 9.17) is 5.11 Å². The summed E-state index contributed by atoms with van der Waals surface area (Å²) in [5, 5.41) is 11.0. The van der Waals surface area contributed by atoms with Gasteiger partial charge in [0.15, 0.2) is 0 Å². The molecule has 1 atom stereocenters. The monoisotopic (exact) mass is 333 g/mol. The van der Waals surface area contributed by atoms with E-state index in [2.05, 4.69) is 10.1 Å². The second-order valence-electron chi connectivity index (χ2n) is 4.71. The number of carbonyl (C=O) groups is 3. The first-order valence-electron chi connectivity index (χ1n) is 6.39. The van der Waals surface area contributed by atoms with Crippen LogP contribution in [0.15, 0.2) is 18.2 Å². The smallest absolute Gasteiger partial charge is 0.416 e. The number of halogens is 3. The van der Waals surface area contributed by atoms with Gasteiger partial charge < -0.3 is 15.2 Å². The first-order chi connectivity index (χ1) is 10.5. The van der Waals surface area contributed by atoms with Crippen LogP contribution in [0, 0.1) is 0 Å². The van der Waals surface area contributed by atoms with Crippen molar-refractivity contribution in [2.24, 2.45) is 0 Å². The van der Waals surface area contributed by atoms with Crippen molar-refractivity contribution in [1.82, 2.24) is 5.32 Å². The molecule has 1 amide bonds. The molecular formula is C14H14F3NO5. The number of hydrogen-bond acceptors (Lipinski definition) is 4. The van der Waals surface area contributed by atoms with Crippen molar-refractivity contribution in [2.45, 2.75) is 32.5 Å². The fourth-order valence-electron chi connectivity index (χ4n) is 1.89. The highest BCUT2D eigenvalue weighted by Gasteiger charge is 2.35. The van der Waals surface area contributed by atoms with E-state index in [0.717, 1.165) is 26.0 Å². The lowest BCUT2D eigenvalue weighted by Gasteiger charge is -2.18. The molecule has 0 fully saturated rings. The van der Waals surface area contributed by atoms with Crippen LogP contribution in [0.3, 0.4) is 0 Å². The highest BCUT2D eigenvalue weighted by Crippen LogP contribution is 2.35. The van der Waals surface area contributed by atoms with Crippen LogP contribution in [0.4, 0.5) is 13.2 Å². The Morgan fingerprint density at radius 3 is 2.30 bits per heavy atom. The van der Waals surface area contributed by atoms with Gasteiger partial charge in [0.05, 0.1) is 5.56 Å². The van der Waals surface area contributed by atoms with Crippen LogP contribution in [0.5, 0.6) is 5.75 Å². The summed E-state index contributed by atoms with van der Waals surface area (Å²) in [6, 6.07) is 1.24. The summed E-state index contributed by atoms with van der Waals surface area (Å²) in [4.78, 5) is 32.8. The van der Waals surface area contributed by atoms with Gasteiger partial charge in [-0.05, 0) is 17.7 Å². The van der Waals surface area contributed by atoms with Crippen molar-refractivity contribution in [3.8, 4) is 5.75 Å². The Kier molecular flexibility index (Phi) is 5.72. The van der Waals surface area contributed by atoms with E-state index in [9.17, 15) is 27.6 Å². The molecule has 1 unspecified atom stereocenters. The minimum absolute atomic E-state index is 0.306. The van der Waals surface area contributed by atoms with Gasteiger partial charge in [-0.25, -0.2) is 4.79 Å². The zero-order valence-electron chi connectivity index (χ0n) is 12.2. The number of alkyl halides is 3. The molecule has 1 rings (SSSR count). The maximum atomic E-state index is 13.1. The average Bonchev–Trinajstić information content (AvgIpc) is 2.37. The van der Waals surface area contributed by atoms with Gasteiger partial charge in [-0.15, -0.1) is 0 Å². The minimum Gasteiger partial charge on any atom is -0.480 e. The molecule has 0 heterocycles. The van der Waals surface area contributed by atoms with Crippen molar-refractivity contribution in [1.29, 1.82) is 0 Å². The Balaban J connectivity index is 3.20. The van der Waals surface area contributed by atoms with Crippen molar-refractivity contribution in [2.75, 3.05) is 0 Å². The predicted molar refractivity (Wildman–Crippen MR) is 71.7 cm³/mol. The quantitative estimate of drug-likeness (QED) is 0.633. The van der Waals surface area contributed by atoms with E-state index < -0.39 is 42.0 Å². The number of aliphatic carboxylic acids is 1. The molecule has 0 radical (unpaired) electrons. The minimum atomic E-state index is -4.77. The topological polar surface area (TPSA) is 92.7 Å². The molecule has 0 aliphatic carbocycles. The van der Waals surface area contributed by atoms with Gasteiger partial charge in [-0.2, -0.15) is 13.2 Å². The lowest BCUT2D eigenvalue weighted by Crippen LogP contribution is -2.41. The summed E-state index contributed by atoms with van der Waals surface area (Å²) < 4.78 is 43.9. The Hall–Kier alpha value is -2.58. The number of esters is 1. The fraction of sp³-hybridized carbons (Fsp3) is 0.357. The van der Waals surface area contributed by atoms with Crippen molar-refractivity contribution < 1.29 is 37.4 Å². The Bertz CT molecular complexity index is 627. The highest BCUT2D eigenvalue weighted by molar-refractivity contribution is 5.82. The van der Waals surface area contributed by atoms with E-state index >= 15 is 0 Å². The normalized spacial score (nSPS) is 12.4. The Morgan fingerprint density at radius 2 is 1.87 bits per heavy atom. The van der Waals surface area contributed by atoms with Crippen LogP contribution in [0.25, 0.3) is 0 Å². The standard InChI is InChI=1S/C14H14F3NO5/c1-7(19)18-12(13(21)22)5-9-3-4-10(23-8(2)20)6-11(9)14(15,16)17/h3-4,6,12H,5H2,1-2H3,(H,18,19)(H,21,22). The number of hydrogen-bond donors (Lipinski definition) is 2. The predicted octanol–water partition coefficient (Wildman–Crippen LogP) is 1.76. The molecule has 9 heteroatoms. The van der Waals surface area contributed by atoms with Gasteiger partial charge in [0.2, 0.25) is 5.91 Å². The van der Waals surface area contributed by atoms with E-state index in [1.165, 1.54) is 0 Å². The van der Waals surface area contributed by atoms with Crippen LogP contribution in [-0.2, 0) is 27.0 Å². The Morgan fingerprint density at radius 1 is 1.26 bits per heavy atom. The van der Waals surface area contributed by atoms with Crippen LogP contribution in [-0.4, -0.2) is 29.0 Å². The van der Waals surface area contributed by atoms with Crippen molar-refractivity contribution in [3.05, 3.63) is 29.3 Å². The molecule has 126 valence electrons. The van der Waals surface area contributed by atoms with E-state index in [1.54, 1.807) is 0 Å². The molecule has 0 spiro atoms. The second-order valence-corrected chi connectivity index (χ2v) is 4.71. The number of ether oxygens (including phenoxy) is 1. The van der Waals surface area contributed by atoms with Gasteiger partial charge in [0.1, 0.15) is 11.8 Å². The first-order valence-corrected chi connectivity index (χ1v) is 6.39. The lowest BCUT2D eigenvalue weighted by atomic mass is 9.99. The number of carboxylic acid groups (broad SMARTS) is 1. The molecule has 0 saturated heterocycles. The van der Waals surface area contributed by atoms with Gasteiger partial charge in [-0.1, -0.05) is 6.07 Å². The summed E-state index contributed by atoms with van der Waals surface area (Å²) in [6.07, 6.45) is -5.34. The first kappa shape index (κ1) is 18.5. The molecule has 23 heavy (non-hydrogen) atoms. The van der Waals surface area contributed by atoms with Crippen molar-refractivity contribution in [3.63, 3.8) is 0 Å². The summed E-state index contributed by atoms with van der Waals surface area (Å²) in [7, 11) is 0. The number of nitrogens with one attached hydrogen (secondary N) is 1. The number of rotatable bonds is 5.